The predicted octanol–water partition coefficient (Wildman–Crippen LogP) is 2.77. The van der Waals surface area contributed by atoms with Gasteiger partial charge >= 0.3 is 0 Å². The average Bonchev–Trinajstić information content (AvgIpc) is 2.66. The van der Waals surface area contributed by atoms with Crippen LogP contribution in [-0.4, -0.2) is 25.5 Å². The van der Waals surface area contributed by atoms with Crippen LogP contribution in [0.1, 0.15) is 28.4 Å². The van der Waals surface area contributed by atoms with Crippen LogP contribution in [0.2, 0.25) is 0 Å². The van der Waals surface area contributed by atoms with Crippen molar-refractivity contribution < 1.29 is 14.3 Å². The molecule has 5 heteroatoms. The Morgan fingerprint density at radius 2 is 1.72 bits per heavy atom. The van der Waals surface area contributed by atoms with Gasteiger partial charge in [0.15, 0.2) is 0 Å². The number of ether oxygens (including phenoxy) is 1. The highest BCUT2D eigenvalue weighted by molar-refractivity contribution is 5.94. The van der Waals surface area contributed by atoms with Crippen molar-refractivity contribution in [1.82, 2.24) is 10.6 Å². The van der Waals surface area contributed by atoms with Gasteiger partial charge in [0.05, 0.1) is 6.61 Å². The van der Waals surface area contributed by atoms with E-state index in [-0.39, 0.29) is 11.8 Å². The van der Waals surface area contributed by atoms with E-state index < -0.39 is 0 Å². The van der Waals surface area contributed by atoms with Gasteiger partial charge in [-0.1, -0.05) is 24.3 Å². The minimum atomic E-state index is -0.177. The predicted molar refractivity (Wildman–Crippen MR) is 98.3 cm³/mol. The van der Waals surface area contributed by atoms with Gasteiger partial charge < -0.3 is 15.4 Å². The molecule has 0 radical (unpaired) electrons. The Labute approximate surface area is 147 Å². The summed E-state index contributed by atoms with van der Waals surface area (Å²) in [5.41, 5.74) is 2.44. The lowest BCUT2D eigenvalue weighted by Crippen LogP contribution is -2.20. The highest BCUT2D eigenvalue weighted by Crippen LogP contribution is 2.13. The molecule has 0 aliphatic heterocycles. The number of carbonyl (C=O) groups is 2. The molecule has 0 saturated carbocycles. The molecular formula is C20H22N2O3. The minimum Gasteiger partial charge on any atom is -0.494 e. The fourth-order valence-corrected chi connectivity index (χ4v) is 2.18. The minimum absolute atomic E-state index is 0.131. The average molecular weight is 338 g/mol. The molecule has 0 aliphatic carbocycles. The molecular weight excluding hydrogens is 316 g/mol. The Hall–Kier alpha value is -3.08. The molecule has 2 aromatic rings. The zero-order valence-corrected chi connectivity index (χ0v) is 14.4. The number of carbonyl (C=O) groups excluding carboxylic acids is 2. The summed E-state index contributed by atoms with van der Waals surface area (Å²) in [4.78, 5) is 23.4. The summed E-state index contributed by atoms with van der Waals surface area (Å²) in [5, 5.41) is 5.38. The van der Waals surface area contributed by atoms with Crippen LogP contribution >= 0.6 is 0 Å². The van der Waals surface area contributed by atoms with E-state index in [1.807, 2.05) is 43.3 Å². The van der Waals surface area contributed by atoms with Crippen molar-refractivity contribution in [3.63, 3.8) is 0 Å². The highest BCUT2D eigenvalue weighted by Gasteiger charge is 2.03. The summed E-state index contributed by atoms with van der Waals surface area (Å²) in [5.74, 6) is 0.502. The fourth-order valence-electron chi connectivity index (χ4n) is 2.18. The molecule has 2 N–H and O–H groups in total. The van der Waals surface area contributed by atoms with E-state index in [1.54, 1.807) is 25.3 Å². The van der Waals surface area contributed by atoms with Crippen molar-refractivity contribution in [2.45, 2.75) is 13.5 Å². The fraction of sp³-hybridized carbons (Fsp3) is 0.200. The maximum Gasteiger partial charge on any atom is 0.251 e. The molecule has 2 amide bonds. The van der Waals surface area contributed by atoms with E-state index in [2.05, 4.69) is 10.6 Å². The Bertz CT molecular complexity index is 735. The van der Waals surface area contributed by atoms with Gasteiger partial charge in [0.2, 0.25) is 5.91 Å². The first-order valence-corrected chi connectivity index (χ1v) is 8.12. The number of nitrogens with one attached hydrogen (secondary N) is 2. The van der Waals surface area contributed by atoms with Crippen molar-refractivity contribution in [2.24, 2.45) is 0 Å². The first-order valence-electron chi connectivity index (χ1n) is 8.12. The van der Waals surface area contributed by atoms with Crippen molar-refractivity contribution >= 4 is 17.9 Å². The molecule has 0 fully saturated rings. The summed E-state index contributed by atoms with van der Waals surface area (Å²) >= 11 is 0. The molecule has 5 nitrogen and oxygen atoms in total. The largest absolute Gasteiger partial charge is 0.494 e. The lowest BCUT2D eigenvalue weighted by atomic mass is 10.1. The maximum absolute atomic E-state index is 11.9. The first-order chi connectivity index (χ1) is 12.1. The number of rotatable bonds is 7. The Kier molecular flexibility index (Phi) is 6.77. The summed E-state index contributed by atoms with van der Waals surface area (Å²) in [6, 6.07) is 14.6. The molecule has 0 aromatic heterocycles. The summed E-state index contributed by atoms with van der Waals surface area (Å²) in [6.45, 7) is 2.96. The van der Waals surface area contributed by atoms with E-state index in [1.165, 1.54) is 6.08 Å². The first kappa shape index (κ1) is 18.3. The molecule has 0 unspecified atom stereocenters. The molecule has 0 heterocycles. The van der Waals surface area contributed by atoms with Gasteiger partial charge in [-0.15, -0.1) is 0 Å². The van der Waals surface area contributed by atoms with Crippen molar-refractivity contribution in [1.29, 1.82) is 0 Å². The van der Waals surface area contributed by atoms with Gasteiger partial charge in [-0.05, 0) is 48.4 Å². The molecule has 0 saturated heterocycles. The van der Waals surface area contributed by atoms with Crippen molar-refractivity contribution in [2.75, 3.05) is 13.7 Å². The number of hydrogen-bond acceptors (Lipinski definition) is 3. The lowest BCUT2D eigenvalue weighted by molar-refractivity contribution is -0.116. The van der Waals surface area contributed by atoms with Crippen LogP contribution in [0.25, 0.3) is 6.08 Å². The SMILES string of the molecule is CCOc1ccc(/C=C/C(=O)NCc2ccc(C(=O)NC)cc2)cc1. The van der Waals surface area contributed by atoms with Gasteiger partial charge in [0, 0.05) is 25.2 Å². The number of benzene rings is 2. The van der Waals surface area contributed by atoms with E-state index in [0.29, 0.717) is 18.7 Å². The third-order valence-electron chi connectivity index (χ3n) is 3.53. The van der Waals surface area contributed by atoms with E-state index >= 15 is 0 Å². The Morgan fingerprint density at radius 3 is 2.32 bits per heavy atom. The topological polar surface area (TPSA) is 67.4 Å². The van der Waals surface area contributed by atoms with Crippen LogP contribution in [-0.2, 0) is 11.3 Å². The molecule has 2 aromatic carbocycles. The molecule has 0 aliphatic rings. The van der Waals surface area contributed by atoms with Crippen molar-refractivity contribution in [3.8, 4) is 5.75 Å². The highest BCUT2D eigenvalue weighted by atomic mass is 16.5. The Balaban J connectivity index is 1.84. The molecule has 0 atom stereocenters. The molecule has 25 heavy (non-hydrogen) atoms. The van der Waals surface area contributed by atoms with E-state index in [9.17, 15) is 9.59 Å². The molecule has 130 valence electrons. The van der Waals surface area contributed by atoms with E-state index in [4.69, 9.17) is 4.74 Å². The number of amides is 2. The van der Waals surface area contributed by atoms with Crippen LogP contribution in [0.3, 0.4) is 0 Å². The van der Waals surface area contributed by atoms with Crippen LogP contribution < -0.4 is 15.4 Å². The third kappa shape index (κ3) is 5.80. The molecule has 0 bridgehead atoms. The maximum atomic E-state index is 11.9. The monoisotopic (exact) mass is 338 g/mol. The number of hydrogen-bond donors (Lipinski definition) is 2. The lowest BCUT2D eigenvalue weighted by Gasteiger charge is -2.05. The van der Waals surface area contributed by atoms with Crippen LogP contribution in [0.15, 0.2) is 54.6 Å². The second kappa shape index (κ2) is 9.27. The van der Waals surface area contributed by atoms with Gasteiger partial charge in [-0.2, -0.15) is 0 Å². The second-order valence-electron chi connectivity index (χ2n) is 5.33. The third-order valence-corrected chi connectivity index (χ3v) is 3.53. The van der Waals surface area contributed by atoms with Crippen LogP contribution in [0.4, 0.5) is 0 Å². The molecule has 0 spiro atoms. The van der Waals surface area contributed by atoms with E-state index in [0.717, 1.165) is 16.9 Å². The summed E-state index contributed by atoms with van der Waals surface area (Å²) in [6.07, 6.45) is 3.24. The standard InChI is InChI=1S/C20H22N2O3/c1-3-25-18-11-6-15(7-12-18)8-13-19(23)22-14-16-4-9-17(10-5-16)20(24)21-2/h4-13H,3,14H2,1-2H3,(H,21,24)(H,22,23)/b13-8+. The Morgan fingerprint density at radius 1 is 1.04 bits per heavy atom. The van der Waals surface area contributed by atoms with Crippen LogP contribution in [0.5, 0.6) is 5.75 Å². The zero-order valence-electron chi connectivity index (χ0n) is 14.4. The second-order valence-corrected chi connectivity index (χ2v) is 5.33. The van der Waals surface area contributed by atoms with Gasteiger partial charge in [-0.25, -0.2) is 0 Å². The smallest absolute Gasteiger partial charge is 0.251 e. The normalized spacial score (nSPS) is 10.5. The summed E-state index contributed by atoms with van der Waals surface area (Å²) < 4.78 is 5.38. The van der Waals surface area contributed by atoms with Gasteiger partial charge in [0.25, 0.3) is 5.91 Å². The quantitative estimate of drug-likeness (QED) is 0.763. The van der Waals surface area contributed by atoms with Gasteiger partial charge in [-0.3, -0.25) is 9.59 Å². The zero-order chi connectivity index (χ0) is 18.1. The van der Waals surface area contributed by atoms with Crippen LogP contribution in [0, 0.1) is 0 Å². The van der Waals surface area contributed by atoms with Crippen molar-refractivity contribution in [3.05, 3.63) is 71.3 Å². The summed E-state index contributed by atoms with van der Waals surface area (Å²) in [7, 11) is 1.59. The molecule has 2 rings (SSSR count). The van der Waals surface area contributed by atoms with Gasteiger partial charge in [0.1, 0.15) is 5.75 Å².